The highest BCUT2D eigenvalue weighted by molar-refractivity contribution is 7.89. The largest absolute Gasteiger partial charge is 0.392 e. The molecule has 2 aromatic heterocycles. The average molecular weight is 414 g/mol. The van der Waals surface area contributed by atoms with E-state index >= 15 is 0 Å². The zero-order valence-electron chi connectivity index (χ0n) is 15.7. The first-order chi connectivity index (χ1) is 13.9. The topological polar surface area (TPSA) is 115 Å². The summed E-state index contributed by atoms with van der Waals surface area (Å²) in [7, 11) is -3.63. The summed E-state index contributed by atoms with van der Waals surface area (Å²) in [6.45, 7) is 0.812. The van der Waals surface area contributed by atoms with Crippen LogP contribution < -0.4 is 5.32 Å². The van der Waals surface area contributed by atoms with E-state index in [2.05, 4.69) is 15.3 Å². The molecule has 3 aromatic rings. The normalized spacial score (nSPS) is 18.0. The molecule has 0 saturated carbocycles. The van der Waals surface area contributed by atoms with E-state index in [1.807, 2.05) is 0 Å². The molecule has 0 radical (unpaired) electrons. The molecule has 1 aliphatic heterocycles. The fourth-order valence-corrected chi connectivity index (χ4v) is 4.96. The van der Waals surface area contributed by atoms with Gasteiger partial charge in [-0.1, -0.05) is 12.1 Å². The first kappa shape index (κ1) is 19.6. The summed E-state index contributed by atoms with van der Waals surface area (Å²) in [6.07, 6.45) is 3.99. The van der Waals surface area contributed by atoms with Gasteiger partial charge in [-0.25, -0.2) is 8.42 Å². The Labute approximate surface area is 168 Å². The maximum absolute atomic E-state index is 12.7. The molecule has 1 fully saturated rings. The van der Waals surface area contributed by atoms with Crippen molar-refractivity contribution in [2.75, 3.05) is 13.1 Å². The summed E-state index contributed by atoms with van der Waals surface area (Å²) >= 11 is 0. The fourth-order valence-electron chi connectivity index (χ4n) is 3.44. The molecule has 1 aliphatic rings. The lowest BCUT2D eigenvalue weighted by atomic mass is 10.1. The molecular weight excluding hydrogens is 392 g/mol. The Balaban J connectivity index is 1.41. The van der Waals surface area contributed by atoms with E-state index in [1.165, 1.54) is 16.4 Å². The van der Waals surface area contributed by atoms with Crippen molar-refractivity contribution in [2.24, 2.45) is 0 Å². The fraction of sp³-hybridized carbons (Fsp3) is 0.300. The monoisotopic (exact) mass is 414 g/mol. The number of aromatic nitrogens is 2. The summed E-state index contributed by atoms with van der Waals surface area (Å²) in [5, 5.41) is 13.4. The molecule has 4 rings (SSSR count). The number of piperidine rings is 1. The molecule has 0 spiro atoms. The number of hydrogen-bond donors (Lipinski definition) is 3. The number of aliphatic hydroxyl groups excluding tert-OH is 1. The molecule has 9 heteroatoms. The lowest BCUT2D eigenvalue weighted by Crippen LogP contribution is -2.42. The molecule has 1 atom stereocenters. The number of benzene rings is 1. The van der Waals surface area contributed by atoms with Crippen LogP contribution in [-0.2, 0) is 16.6 Å². The molecule has 152 valence electrons. The van der Waals surface area contributed by atoms with Gasteiger partial charge in [0.2, 0.25) is 10.0 Å². The Morgan fingerprint density at radius 3 is 2.79 bits per heavy atom. The molecule has 3 heterocycles. The van der Waals surface area contributed by atoms with E-state index < -0.39 is 16.1 Å². The lowest BCUT2D eigenvalue weighted by molar-refractivity contribution is 0.0946. The number of rotatable bonds is 5. The number of β-amino-alcohol motifs (C(OH)–C–C–N with tert-alkyl or cyclic N) is 1. The van der Waals surface area contributed by atoms with Gasteiger partial charge in [0.15, 0.2) is 0 Å². The van der Waals surface area contributed by atoms with E-state index in [9.17, 15) is 18.3 Å². The number of H-pyrrole nitrogens is 1. The van der Waals surface area contributed by atoms with Crippen LogP contribution in [0.4, 0.5) is 0 Å². The van der Waals surface area contributed by atoms with Crippen LogP contribution in [0.15, 0.2) is 53.7 Å². The van der Waals surface area contributed by atoms with Crippen molar-refractivity contribution in [3.8, 4) is 0 Å². The number of amides is 1. The minimum atomic E-state index is -3.63. The number of aliphatic hydroxyl groups is 1. The standard InChI is InChI=1S/C20H22N4O4S/c25-16-2-1-9-24(13-16)29(27,28)17-5-3-14(4-6-17)11-22-20(26)19-10-15-12-21-8-7-18(15)23-19/h3-8,10,12,16,23,25H,1-2,9,11,13H2,(H,22,26)/t16-/m1/s1. The van der Waals surface area contributed by atoms with E-state index in [0.717, 1.165) is 16.5 Å². The molecule has 3 N–H and O–H groups in total. The Morgan fingerprint density at radius 1 is 1.28 bits per heavy atom. The highest BCUT2D eigenvalue weighted by atomic mass is 32.2. The summed E-state index contributed by atoms with van der Waals surface area (Å²) < 4.78 is 26.8. The van der Waals surface area contributed by atoms with E-state index in [-0.39, 0.29) is 23.9 Å². The minimum Gasteiger partial charge on any atom is -0.392 e. The second-order valence-electron chi connectivity index (χ2n) is 7.13. The second kappa shape index (κ2) is 7.94. The van der Waals surface area contributed by atoms with Crippen LogP contribution in [0.2, 0.25) is 0 Å². The number of fused-ring (bicyclic) bond motifs is 1. The average Bonchev–Trinajstić information content (AvgIpc) is 3.17. The number of carbonyl (C=O) groups is 1. The van der Waals surface area contributed by atoms with Crippen molar-refractivity contribution >= 4 is 26.8 Å². The molecule has 29 heavy (non-hydrogen) atoms. The minimum absolute atomic E-state index is 0.125. The molecule has 1 amide bonds. The zero-order valence-corrected chi connectivity index (χ0v) is 16.5. The maximum atomic E-state index is 12.7. The number of aromatic amines is 1. The number of nitrogens with zero attached hydrogens (tertiary/aromatic N) is 2. The summed E-state index contributed by atoms with van der Waals surface area (Å²) in [5.74, 6) is -0.250. The summed E-state index contributed by atoms with van der Waals surface area (Å²) in [5.41, 5.74) is 2.06. The third kappa shape index (κ3) is 4.16. The van der Waals surface area contributed by atoms with Gasteiger partial charge in [-0.2, -0.15) is 4.31 Å². The number of pyridine rings is 1. The van der Waals surface area contributed by atoms with Gasteiger partial charge in [0, 0.05) is 42.9 Å². The van der Waals surface area contributed by atoms with Crippen molar-refractivity contribution in [3.63, 3.8) is 0 Å². The van der Waals surface area contributed by atoms with Gasteiger partial charge in [0.05, 0.1) is 11.0 Å². The van der Waals surface area contributed by atoms with Crippen molar-refractivity contribution < 1.29 is 18.3 Å². The number of hydrogen-bond acceptors (Lipinski definition) is 5. The predicted molar refractivity (Wildman–Crippen MR) is 108 cm³/mol. The van der Waals surface area contributed by atoms with Gasteiger partial charge < -0.3 is 15.4 Å². The first-order valence-corrected chi connectivity index (χ1v) is 10.9. The van der Waals surface area contributed by atoms with Crippen LogP contribution in [-0.4, -0.2) is 52.9 Å². The number of carbonyl (C=O) groups excluding carboxylic acids is 1. The van der Waals surface area contributed by atoms with Crippen molar-refractivity contribution in [1.29, 1.82) is 0 Å². The molecule has 8 nitrogen and oxygen atoms in total. The molecule has 0 bridgehead atoms. The Hall–Kier alpha value is -2.75. The molecule has 1 aromatic carbocycles. The number of nitrogens with one attached hydrogen (secondary N) is 2. The van der Waals surface area contributed by atoms with E-state index in [0.29, 0.717) is 25.1 Å². The van der Waals surface area contributed by atoms with Crippen LogP contribution in [0.1, 0.15) is 28.9 Å². The van der Waals surface area contributed by atoms with Crippen LogP contribution >= 0.6 is 0 Å². The lowest BCUT2D eigenvalue weighted by Gasteiger charge is -2.29. The quantitative estimate of drug-likeness (QED) is 0.587. The van der Waals surface area contributed by atoms with E-state index in [1.54, 1.807) is 36.7 Å². The van der Waals surface area contributed by atoms with Gasteiger partial charge in [-0.15, -0.1) is 0 Å². The van der Waals surface area contributed by atoms with Gasteiger partial charge in [0.1, 0.15) is 5.69 Å². The molecule has 0 unspecified atom stereocenters. The Bertz CT molecular complexity index is 1090. The highest BCUT2D eigenvalue weighted by Gasteiger charge is 2.29. The number of sulfonamides is 1. The zero-order chi connectivity index (χ0) is 20.4. The first-order valence-electron chi connectivity index (χ1n) is 9.41. The van der Waals surface area contributed by atoms with Crippen molar-refractivity contribution in [2.45, 2.75) is 30.4 Å². The van der Waals surface area contributed by atoms with Crippen molar-refractivity contribution in [1.82, 2.24) is 19.6 Å². The highest BCUT2D eigenvalue weighted by Crippen LogP contribution is 2.21. The summed E-state index contributed by atoms with van der Waals surface area (Å²) in [4.78, 5) is 19.6. The van der Waals surface area contributed by atoms with Gasteiger partial charge in [-0.3, -0.25) is 9.78 Å². The third-order valence-corrected chi connectivity index (χ3v) is 6.92. The van der Waals surface area contributed by atoms with Gasteiger partial charge >= 0.3 is 0 Å². The third-order valence-electron chi connectivity index (χ3n) is 5.04. The van der Waals surface area contributed by atoms with E-state index in [4.69, 9.17) is 0 Å². The Morgan fingerprint density at radius 2 is 2.07 bits per heavy atom. The van der Waals surface area contributed by atoms with Crippen molar-refractivity contribution in [3.05, 3.63) is 60.0 Å². The molecule has 0 aliphatic carbocycles. The Kier molecular flexibility index (Phi) is 5.35. The van der Waals surface area contributed by atoms with Gasteiger partial charge in [0.25, 0.3) is 5.91 Å². The SMILES string of the molecule is O=C(NCc1ccc(S(=O)(=O)N2CCC[C@@H](O)C2)cc1)c1cc2cnccc2[nH]1. The molecule has 1 saturated heterocycles. The smallest absolute Gasteiger partial charge is 0.267 e. The predicted octanol–water partition coefficient (Wildman–Crippen LogP) is 1.64. The molecular formula is C20H22N4O4S. The second-order valence-corrected chi connectivity index (χ2v) is 9.07. The van der Waals surface area contributed by atoms with Crippen LogP contribution in [0, 0.1) is 0 Å². The van der Waals surface area contributed by atoms with Gasteiger partial charge in [-0.05, 0) is 42.7 Å². The van der Waals surface area contributed by atoms with Crippen LogP contribution in [0.5, 0.6) is 0 Å². The van der Waals surface area contributed by atoms with Crippen LogP contribution in [0.3, 0.4) is 0 Å². The van der Waals surface area contributed by atoms with Crippen LogP contribution in [0.25, 0.3) is 10.9 Å². The summed E-state index contributed by atoms with van der Waals surface area (Å²) in [6, 6.07) is 9.97. The maximum Gasteiger partial charge on any atom is 0.267 e.